The van der Waals surface area contributed by atoms with Gasteiger partial charge in [0, 0.05) is 0 Å². The van der Waals surface area contributed by atoms with E-state index in [-0.39, 0.29) is 22.0 Å². The number of Topliss-reactive ketones (excluding diaryl/α,β-unsaturated/α-hetero) is 1. The third-order valence-electron chi connectivity index (χ3n) is 2.72. The van der Waals surface area contributed by atoms with Gasteiger partial charge in [-0.05, 0) is 36.4 Å². The Bertz CT molecular complexity index is 732. The molecule has 0 amide bonds. The first kappa shape index (κ1) is 14.1. The molecule has 0 aliphatic rings. The summed E-state index contributed by atoms with van der Waals surface area (Å²) >= 11 is 0. The summed E-state index contributed by atoms with van der Waals surface area (Å²) < 4.78 is 24.1. The molecule has 0 radical (unpaired) electrons. The zero-order chi connectivity index (χ0) is 14.8. The molecular formula is C14H12O5S. The number of carbonyl (C=O) groups excluding carboxylic acids is 1. The van der Waals surface area contributed by atoms with E-state index in [9.17, 15) is 18.3 Å². The van der Waals surface area contributed by atoms with Crippen LogP contribution in [0.1, 0.15) is 10.4 Å². The highest BCUT2D eigenvalue weighted by Gasteiger charge is 2.21. The smallest absolute Gasteiger partial charge is 0.185 e. The Labute approximate surface area is 116 Å². The minimum Gasteiger partial charge on any atom is -0.508 e. The van der Waals surface area contributed by atoms with Crippen molar-refractivity contribution in [1.29, 1.82) is 0 Å². The fourth-order valence-electron chi connectivity index (χ4n) is 1.70. The molecule has 0 saturated heterocycles. The summed E-state index contributed by atoms with van der Waals surface area (Å²) in [6, 6.07) is 10.7. The normalized spacial score (nSPS) is 11.2. The van der Waals surface area contributed by atoms with Gasteiger partial charge in [-0.15, -0.1) is 0 Å². The lowest BCUT2D eigenvalue weighted by Gasteiger charge is -2.05. The number of aromatic hydroxyl groups is 2. The molecule has 2 rings (SSSR count). The lowest BCUT2D eigenvalue weighted by Crippen LogP contribution is -2.16. The van der Waals surface area contributed by atoms with Crippen molar-refractivity contribution in [2.75, 3.05) is 5.75 Å². The third kappa shape index (κ3) is 2.97. The van der Waals surface area contributed by atoms with Gasteiger partial charge in [-0.2, -0.15) is 0 Å². The molecule has 0 aromatic heterocycles. The molecule has 0 aliphatic carbocycles. The lowest BCUT2D eigenvalue weighted by molar-refractivity contribution is 0.101. The lowest BCUT2D eigenvalue weighted by atomic mass is 10.1. The van der Waals surface area contributed by atoms with Gasteiger partial charge in [0.1, 0.15) is 17.3 Å². The van der Waals surface area contributed by atoms with E-state index in [2.05, 4.69) is 0 Å². The molecule has 0 aliphatic heterocycles. The molecule has 6 heteroatoms. The van der Waals surface area contributed by atoms with Crippen molar-refractivity contribution in [3.05, 3.63) is 54.1 Å². The quantitative estimate of drug-likeness (QED) is 0.838. The van der Waals surface area contributed by atoms with Crippen LogP contribution in [0.4, 0.5) is 0 Å². The Morgan fingerprint density at radius 2 is 1.55 bits per heavy atom. The van der Waals surface area contributed by atoms with Gasteiger partial charge in [-0.1, -0.05) is 12.1 Å². The van der Waals surface area contributed by atoms with Gasteiger partial charge in [0.2, 0.25) is 0 Å². The van der Waals surface area contributed by atoms with Crippen molar-refractivity contribution in [2.45, 2.75) is 4.90 Å². The number of hydrogen-bond acceptors (Lipinski definition) is 5. The van der Waals surface area contributed by atoms with E-state index < -0.39 is 21.4 Å². The zero-order valence-electron chi connectivity index (χ0n) is 10.4. The van der Waals surface area contributed by atoms with Crippen molar-refractivity contribution in [3.8, 4) is 11.5 Å². The molecule has 20 heavy (non-hydrogen) atoms. The number of sulfone groups is 1. The fraction of sp³-hybridized carbons (Fsp3) is 0.0714. The topological polar surface area (TPSA) is 91.7 Å². The number of benzene rings is 2. The summed E-state index contributed by atoms with van der Waals surface area (Å²) in [5, 5.41) is 18.7. The zero-order valence-corrected chi connectivity index (χ0v) is 11.2. The number of hydrogen-bond donors (Lipinski definition) is 2. The molecule has 0 fully saturated rings. The van der Waals surface area contributed by atoms with Crippen LogP contribution in [-0.2, 0) is 9.84 Å². The first-order valence-electron chi connectivity index (χ1n) is 5.73. The maximum absolute atomic E-state index is 12.1. The Morgan fingerprint density at radius 3 is 2.15 bits per heavy atom. The molecule has 104 valence electrons. The molecule has 5 nitrogen and oxygen atoms in total. The molecule has 2 aromatic carbocycles. The van der Waals surface area contributed by atoms with Crippen molar-refractivity contribution in [2.24, 2.45) is 0 Å². The fourth-order valence-corrected chi connectivity index (χ4v) is 2.91. The largest absolute Gasteiger partial charge is 0.508 e. The molecule has 0 atom stereocenters. The molecular weight excluding hydrogens is 280 g/mol. The number of phenols is 2. The molecule has 0 spiro atoms. The van der Waals surface area contributed by atoms with Crippen LogP contribution in [0.15, 0.2) is 53.4 Å². The van der Waals surface area contributed by atoms with Crippen molar-refractivity contribution in [1.82, 2.24) is 0 Å². The van der Waals surface area contributed by atoms with Crippen molar-refractivity contribution in [3.63, 3.8) is 0 Å². The average molecular weight is 292 g/mol. The second-order valence-corrected chi connectivity index (χ2v) is 6.18. The molecule has 2 N–H and O–H groups in total. The molecule has 0 unspecified atom stereocenters. The Hall–Kier alpha value is -2.34. The van der Waals surface area contributed by atoms with Gasteiger partial charge >= 0.3 is 0 Å². The Morgan fingerprint density at radius 1 is 0.950 bits per heavy atom. The van der Waals surface area contributed by atoms with Crippen LogP contribution in [0, 0.1) is 0 Å². The standard InChI is InChI=1S/C14H12O5S/c15-10-5-7-11(8-6-10)20(18,19)9-14(17)12-3-1-2-4-13(12)16/h1-8,15-16H,9H2. The van der Waals surface area contributed by atoms with Crippen LogP contribution in [0.2, 0.25) is 0 Å². The van der Waals surface area contributed by atoms with Crippen LogP contribution < -0.4 is 0 Å². The summed E-state index contributed by atoms with van der Waals surface area (Å²) in [5.74, 6) is -1.74. The van der Waals surface area contributed by atoms with Crippen molar-refractivity contribution < 1.29 is 23.4 Å². The molecule has 0 saturated carbocycles. The second kappa shape index (κ2) is 5.34. The van der Waals surface area contributed by atoms with Crippen LogP contribution in [0.5, 0.6) is 11.5 Å². The monoisotopic (exact) mass is 292 g/mol. The van der Waals surface area contributed by atoms with Gasteiger partial charge in [0.25, 0.3) is 0 Å². The van der Waals surface area contributed by atoms with E-state index >= 15 is 0 Å². The summed E-state index contributed by atoms with van der Waals surface area (Å²) in [7, 11) is -3.81. The minimum absolute atomic E-state index is 0.0325. The summed E-state index contributed by atoms with van der Waals surface area (Å²) in [4.78, 5) is 11.9. The number of phenolic OH excluding ortho intramolecular Hbond substituents is 2. The highest BCUT2D eigenvalue weighted by Crippen LogP contribution is 2.20. The van der Waals surface area contributed by atoms with E-state index in [4.69, 9.17) is 5.11 Å². The van der Waals surface area contributed by atoms with Crippen LogP contribution >= 0.6 is 0 Å². The van der Waals surface area contributed by atoms with E-state index in [1.165, 1.54) is 36.4 Å². The molecule has 2 aromatic rings. The average Bonchev–Trinajstić information content (AvgIpc) is 2.39. The predicted octanol–water partition coefficient (Wildman–Crippen LogP) is 1.75. The Kier molecular flexibility index (Phi) is 3.76. The highest BCUT2D eigenvalue weighted by molar-refractivity contribution is 7.92. The minimum atomic E-state index is -3.81. The van der Waals surface area contributed by atoms with E-state index in [1.807, 2.05) is 0 Å². The van der Waals surface area contributed by atoms with Crippen LogP contribution in [-0.4, -0.2) is 30.2 Å². The van der Waals surface area contributed by atoms with E-state index in [1.54, 1.807) is 12.1 Å². The maximum atomic E-state index is 12.1. The second-order valence-electron chi connectivity index (χ2n) is 4.19. The summed E-state index contributed by atoms with van der Waals surface area (Å²) in [6.07, 6.45) is 0. The highest BCUT2D eigenvalue weighted by atomic mass is 32.2. The van der Waals surface area contributed by atoms with E-state index in [0.29, 0.717) is 0 Å². The SMILES string of the molecule is O=C(CS(=O)(=O)c1ccc(O)cc1)c1ccccc1O. The van der Waals surface area contributed by atoms with Crippen LogP contribution in [0.3, 0.4) is 0 Å². The molecule has 0 bridgehead atoms. The van der Waals surface area contributed by atoms with Gasteiger partial charge < -0.3 is 10.2 Å². The van der Waals surface area contributed by atoms with Gasteiger partial charge in [0.05, 0.1) is 10.5 Å². The number of carbonyl (C=O) groups is 1. The van der Waals surface area contributed by atoms with Gasteiger partial charge in [-0.25, -0.2) is 8.42 Å². The van der Waals surface area contributed by atoms with Crippen LogP contribution in [0.25, 0.3) is 0 Å². The number of ketones is 1. The summed E-state index contributed by atoms with van der Waals surface area (Å²) in [6.45, 7) is 0. The maximum Gasteiger partial charge on any atom is 0.185 e. The number of rotatable bonds is 4. The van der Waals surface area contributed by atoms with Gasteiger partial charge in [0.15, 0.2) is 15.6 Å². The molecule has 0 heterocycles. The van der Waals surface area contributed by atoms with Gasteiger partial charge in [-0.3, -0.25) is 4.79 Å². The van der Waals surface area contributed by atoms with Crippen molar-refractivity contribution >= 4 is 15.6 Å². The number of para-hydroxylation sites is 1. The third-order valence-corrected chi connectivity index (χ3v) is 4.35. The summed E-state index contributed by atoms with van der Waals surface area (Å²) in [5.41, 5.74) is -0.0325. The van der Waals surface area contributed by atoms with E-state index in [0.717, 1.165) is 0 Å². The Balaban J connectivity index is 2.27. The predicted molar refractivity (Wildman–Crippen MR) is 72.6 cm³/mol. The first-order valence-corrected chi connectivity index (χ1v) is 7.38. The first-order chi connectivity index (χ1) is 9.40.